The van der Waals surface area contributed by atoms with E-state index in [-0.39, 0.29) is 65.7 Å². The highest BCUT2D eigenvalue weighted by atomic mass is 16.8. The summed E-state index contributed by atoms with van der Waals surface area (Å²) in [5, 5.41) is 0. The molecule has 370 valence electrons. The molecule has 6 aromatic carbocycles. The van der Waals surface area contributed by atoms with Crippen molar-refractivity contribution in [2.24, 2.45) is 0 Å². The van der Waals surface area contributed by atoms with E-state index < -0.39 is 73.4 Å². The summed E-state index contributed by atoms with van der Waals surface area (Å²) < 4.78 is 74.0. The maximum atomic E-state index is 14.1. The molecule has 0 aliphatic carbocycles. The molecule has 0 saturated carbocycles. The first-order valence-electron chi connectivity index (χ1n) is 24.2. The van der Waals surface area contributed by atoms with Crippen LogP contribution >= 0.6 is 0 Å². The molecular formula is C58H60O13. The minimum atomic E-state index is -1.26. The molecule has 0 N–H and O–H groups in total. The fraction of sp³-hybridized carbons (Fsp3) is 0.345. The van der Waals surface area contributed by atoms with E-state index in [0.29, 0.717) is 0 Å². The van der Waals surface area contributed by atoms with Gasteiger partial charge >= 0.3 is 11.9 Å². The molecule has 3 aliphatic rings. The lowest BCUT2D eigenvalue weighted by atomic mass is 9.95. The van der Waals surface area contributed by atoms with Gasteiger partial charge in [0.05, 0.1) is 59.1 Å². The highest BCUT2D eigenvalue weighted by molar-refractivity contribution is 5.77. The summed E-state index contributed by atoms with van der Waals surface area (Å²) in [6, 6.07) is 58.4. The predicted molar refractivity (Wildman–Crippen MR) is 260 cm³/mol. The van der Waals surface area contributed by atoms with E-state index in [4.69, 9.17) is 52.1 Å². The molecule has 3 fully saturated rings. The first kappa shape index (κ1) is 49.9. The van der Waals surface area contributed by atoms with E-state index in [2.05, 4.69) is 0 Å². The van der Waals surface area contributed by atoms with Gasteiger partial charge in [0.2, 0.25) is 0 Å². The fourth-order valence-electron chi connectivity index (χ4n) is 8.81. The van der Waals surface area contributed by atoms with Gasteiger partial charge in [0.25, 0.3) is 0 Å². The summed E-state index contributed by atoms with van der Waals surface area (Å²) >= 11 is 0. The third kappa shape index (κ3) is 14.3. The maximum Gasteiger partial charge on any atom is 0.306 e. The molecule has 0 aromatic heterocycles. The normalized spacial score (nSPS) is 25.9. The predicted octanol–water partition coefficient (Wildman–Crippen LogP) is 8.85. The zero-order chi connectivity index (χ0) is 48.5. The van der Waals surface area contributed by atoms with Crippen molar-refractivity contribution in [1.29, 1.82) is 0 Å². The SMILES string of the molecule is O=C1CCC(=O)O[C@@H]2[C@@H](O[C@@H]3O[C@H](CO1)[C@@H](OCc1ccccc1)[C@H](OCc1ccccc1)[C@@H]3OCc1ccccc1)[C@@H](COCc1ccccc1)O[C@H](OCc1ccccc1)[C@@H]2OCc1ccccc1. The van der Waals surface area contributed by atoms with E-state index in [1.807, 2.05) is 182 Å². The van der Waals surface area contributed by atoms with Crippen LogP contribution in [-0.2, 0) is 101 Å². The Bertz CT molecular complexity index is 2490. The van der Waals surface area contributed by atoms with E-state index in [9.17, 15) is 9.59 Å². The smallest absolute Gasteiger partial charge is 0.306 e. The van der Waals surface area contributed by atoms with Crippen LogP contribution in [0.5, 0.6) is 0 Å². The number of ether oxygens (including phenoxy) is 11. The third-order valence-electron chi connectivity index (χ3n) is 12.5. The molecule has 3 saturated heterocycles. The second-order valence-electron chi connectivity index (χ2n) is 17.7. The number of hydrogen-bond donors (Lipinski definition) is 0. The van der Waals surface area contributed by atoms with Crippen LogP contribution in [0.3, 0.4) is 0 Å². The average molecular weight is 965 g/mol. The average Bonchev–Trinajstić information content (AvgIpc) is 3.42. The number of benzene rings is 6. The van der Waals surface area contributed by atoms with Gasteiger partial charge in [-0.2, -0.15) is 0 Å². The fourth-order valence-corrected chi connectivity index (χ4v) is 8.81. The quantitative estimate of drug-likeness (QED) is 0.0716. The minimum Gasteiger partial charge on any atom is -0.463 e. The number of fused-ring (bicyclic) bond motifs is 3. The summed E-state index contributed by atoms with van der Waals surface area (Å²) in [7, 11) is 0. The Morgan fingerprint density at radius 2 is 0.803 bits per heavy atom. The Kier molecular flexibility index (Phi) is 18.2. The zero-order valence-electron chi connectivity index (χ0n) is 39.5. The second kappa shape index (κ2) is 25.8. The Hall–Kier alpha value is -6.10. The van der Waals surface area contributed by atoms with E-state index in [1.54, 1.807) is 0 Å². The number of carbonyl (C=O) groups is 2. The summed E-state index contributed by atoms with van der Waals surface area (Å²) in [6.07, 6.45) is -10.9. The van der Waals surface area contributed by atoms with E-state index >= 15 is 0 Å². The first-order chi connectivity index (χ1) is 35.0. The monoisotopic (exact) mass is 964 g/mol. The van der Waals surface area contributed by atoms with Gasteiger partial charge in [0, 0.05) is 0 Å². The van der Waals surface area contributed by atoms with E-state index in [1.165, 1.54) is 0 Å². The molecule has 0 unspecified atom stereocenters. The number of esters is 2. The van der Waals surface area contributed by atoms with Crippen LogP contribution in [0.15, 0.2) is 182 Å². The van der Waals surface area contributed by atoms with Crippen molar-refractivity contribution in [2.75, 3.05) is 13.2 Å². The molecule has 13 nitrogen and oxygen atoms in total. The molecule has 3 heterocycles. The van der Waals surface area contributed by atoms with Gasteiger partial charge in [-0.1, -0.05) is 182 Å². The van der Waals surface area contributed by atoms with Crippen molar-refractivity contribution in [3.05, 3.63) is 215 Å². The second-order valence-corrected chi connectivity index (χ2v) is 17.7. The molecule has 9 rings (SSSR count). The van der Waals surface area contributed by atoms with Crippen LogP contribution in [0.1, 0.15) is 46.2 Å². The molecule has 2 bridgehead atoms. The van der Waals surface area contributed by atoms with Crippen LogP contribution in [0.2, 0.25) is 0 Å². The number of cyclic esters (lactones) is 1. The summed E-state index contributed by atoms with van der Waals surface area (Å²) in [4.78, 5) is 27.7. The lowest BCUT2D eigenvalue weighted by molar-refractivity contribution is -0.374. The molecule has 0 spiro atoms. The Morgan fingerprint density at radius 3 is 1.30 bits per heavy atom. The summed E-state index contributed by atoms with van der Waals surface area (Å²) in [5.74, 6) is -1.29. The Labute approximate surface area is 414 Å². The lowest BCUT2D eigenvalue weighted by Crippen LogP contribution is -2.66. The number of hydrogen-bond acceptors (Lipinski definition) is 13. The molecule has 6 aromatic rings. The maximum absolute atomic E-state index is 14.1. The molecule has 0 radical (unpaired) electrons. The van der Waals surface area contributed by atoms with Crippen LogP contribution in [0, 0.1) is 0 Å². The van der Waals surface area contributed by atoms with Gasteiger partial charge in [-0.05, 0) is 33.4 Å². The zero-order valence-corrected chi connectivity index (χ0v) is 39.5. The molecular weight excluding hydrogens is 905 g/mol. The molecule has 3 aliphatic heterocycles. The van der Waals surface area contributed by atoms with Crippen molar-refractivity contribution >= 4 is 11.9 Å². The highest BCUT2D eigenvalue weighted by Crippen LogP contribution is 2.37. The summed E-state index contributed by atoms with van der Waals surface area (Å²) in [5.41, 5.74) is 5.43. The van der Waals surface area contributed by atoms with Gasteiger partial charge in [-0.3, -0.25) is 9.59 Å². The van der Waals surface area contributed by atoms with Crippen molar-refractivity contribution in [2.45, 2.75) is 114 Å². The number of rotatable bonds is 19. The minimum absolute atomic E-state index is 0.0196. The van der Waals surface area contributed by atoms with Gasteiger partial charge in [-0.15, -0.1) is 0 Å². The molecule has 10 atom stereocenters. The van der Waals surface area contributed by atoms with Crippen LogP contribution in [0.25, 0.3) is 0 Å². The topological polar surface area (TPSA) is 136 Å². The summed E-state index contributed by atoms with van der Waals surface area (Å²) in [6.45, 7) is 0.773. The standard InChI is InChI=1S/C58H60O13/c59-49-31-32-50(60)70-54-52(47(39-61-33-41-19-7-1-8-20-41)68-57(67-38-46-29-17-6-18-30-46)56(54)66-37-45-27-15-5-16-28-45)71-58-55(65-36-44-25-13-4-14-26-44)53(64-35-43-23-11-3-12-24-43)51(48(69-58)40-62-49)63-34-42-21-9-2-10-22-42/h1-30,47-48,51-58H,31-40H2/t47-,48-,51-,52+,53+,54-,55+,56-,57+,58+/m1/s1. The van der Waals surface area contributed by atoms with Gasteiger partial charge < -0.3 is 52.1 Å². The number of carbonyl (C=O) groups excluding carboxylic acids is 2. The van der Waals surface area contributed by atoms with Crippen molar-refractivity contribution < 1.29 is 61.7 Å². The van der Waals surface area contributed by atoms with Crippen LogP contribution < -0.4 is 0 Å². The largest absolute Gasteiger partial charge is 0.463 e. The Morgan fingerprint density at radius 1 is 0.394 bits per heavy atom. The van der Waals surface area contributed by atoms with Crippen molar-refractivity contribution in [1.82, 2.24) is 0 Å². The van der Waals surface area contributed by atoms with Gasteiger partial charge in [-0.25, -0.2) is 0 Å². The van der Waals surface area contributed by atoms with Crippen LogP contribution in [0.4, 0.5) is 0 Å². The van der Waals surface area contributed by atoms with Gasteiger partial charge in [0.1, 0.15) is 49.3 Å². The molecule has 0 amide bonds. The van der Waals surface area contributed by atoms with E-state index in [0.717, 1.165) is 33.4 Å². The first-order valence-corrected chi connectivity index (χ1v) is 24.2. The van der Waals surface area contributed by atoms with Crippen molar-refractivity contribution in [3.63, 3.8) is 0 Å². The van der Waals surface area contributed by atoms with Crippen molar-refractivity contribution in [3.8, 4) is 0 Å². The molecule has 71 heavy (non-hydrogen) atoms. The van der Waals surface area contributed by atoms with Gasteiger partial charge in [0.15, 0.2) is 18.7 Å². The Balaban J connectivity index is 1.12. The highest BCUT2D eigenvalue weighted by Gasteiger charge is 2.55. The lowest BCUT2D eigenvalue weighted by Gasteiger charge is -2.49. The van der Waals surface area contributed by atoms with Crippen LogP contribution in [-0.4, -0.2) is 86.6 Å². The molecule has 13 heteroatoms. The third-order valence-corrected chi connectivity index (χ3v) is 12.5.